The maximum atomic E-state index is 6.03. The van der Waals surface area contributed by atoms with Crippen molar-refractivity contribution in [2.24, 2.45) is 0 Å². The Balaban J connectivity index is 1.87. The van der Waals surface area contributed by atoms with Crippen molar-refractivity contribution in [3.05, 3.63) is 44.9 Å². The van der Waals surface area contributed by atoms with Crippen LogP contribution in [0, 0.1) is 11.7 Å². The van der Waals surface area contributed by atoms with Crippen LogP contribution in [0.25, 0.3) is 4.96 Å². The van der Waals surface area contributed by atoms with Gasteiger partial charge in [0.15, 0.2) is 5.01 Å². The molecule has 0 atom stereocenters. The van der Waals surface area contributed by atoms with Gasteiger partial charge in [-0.3, -0.25) is 0 Å². The van der Waals surface area contributed by atoms with Gasteiger partial charge in [-0.15, -0.1) is 0 Å². The van der Waals surface area contributed by atoms with E-state index in [0.717, 1.165) is 5.01 Å². The molecule has 2 heterocycles. The smallest absolute Gasteiger partial charge is 0.223 e. The lowest BCUT2D eigenvalue weighted by atomic mass is 10.3. The van der Waals surface area contributed by atoms with E-state index in [1.807, 2.05) is 25.1 Å². The molecule has 0 spiro atoms. The van der Waals surface area contributed by atoms with Gasteiger partial charge in [-0.1, -0.05) is 35.1 Å². The number of hydrogen-bond acceptors (Lipinski definition) is 6. The number of halogens is 1. The summed E-state index contributed by atoms with van der Waals surface area (Å²) in [5.41, 5.74) is 0. The van der Waals surface area contributed by atoms with Crippen molar-refractivity contribution in [1.29, 1.82) is 0 Å². The molecule has 0 saturated heterocycles. The zero-order valence-electron chi connectivity index (χ0n) is 10.4. The molecule has 5 nitrogen and oxygen atoms in total. The zero-order valence-corrected chi connectivity index (χ0v) is 12.8. The van der Waals surface area contributed by atoms with Gasteiger partial charge in [-0.2, -0.15) is 14.6 Å². The predicted molar refractivity (Wildman–Crippen MR) is 80.0 cm³/mol. The Hall–Kier alpha value is -1.57. The molecule has 2 aromatic heterocycles. The van der Waals surface area contributed by atoms with Crippen molar-refractivity contribution < 1.29 is 4.74 Å². The van der Waals surface area contributed by atoms with Crippen LogP contribution < -0.4 is 4.74 Å². The highest BCUT2D eigenvalue weighted by Gasteiger charge is 2.08. The van der Waals surface area contributed by atoms with E-state index >= 15 is 0 Å². The number of hydrogen-bond donors (Lipinski definition) is 0. The highest BCUT2D eigenvalue weighted by Crippen LogP contribution is 2.24. The van der Waals surface area contributed by atoms with E-state index in [4.69, 9.17) is 28.6 Å². The van der Waals surface area contributed by atoms with Crippen molar-refractivity contribution in [1.82, 2.24) is 19.6 Å². The number of rotatable bonds is 3. The molecule has 1 aromatic carbocycles. The van der Waals surface area contributed by atoms with Gasteiger partial charge >= 0.3 is 0 Å². The summed E-state index contributed by atoms with van der Waals surface area (Å²) in [5.74, 6) is 1.34. The van der Waals surface area contributed by atoms with E-state index in [1.165, 1.54) is 11.3 Å². The second-order valence-corrected chi connectivity index (χ2v) is 5.78. The zero-order chi connectivity index (χ0) is 14.1. The van der Waals surface area contributed by atoms with Gasteiger partial charge < -0.3 is 4.74 Å². The summed E-state index contributed by atoms with van der Waals surface area (Å²) >= 11 is 12.4. The van der Waals surface area contributed by atoms with Crippen LogP contribution in [0.3, 0.4) is 0 Å². The molecule has 0 bridgehead atoms. The molecule has 3 rings (SSSR count). The topological polar surface area (TPSA) is 52.3 Å². The van der Waals surface area contributed by atoms with Crippen molar-refractivity contribution in [2.75, 3.05) is 0 Å². The standard InChI is InChI=1S/C12H9ClN4OS2/c1-7-14-11(19)15-12-17(7)16-10(20-12)6-18-9-5-3-2-4-8(9)13/h2-5H,6H2,1H3. The lowest BCUT2D eigenvalue weighted by Gasteiger charge is -2.04. The first-order chi connectivity index (χ1) is 9.63. The molecule has 0 aliphatic heterocycles. The molecule has 0 aliphatic rings. The van der Waals surface area contributed by atoms with Gasteiger partial charge in [0.05, 0.1) is 5.02 Å². The summed E-state index contributed by atoms with van der Waals surface area (Å²) in [7, 11) is 0. The molecule has 0 unspecified atom stereocenters. The number of aromatic nitrogens is 4. The van der Waals surface area contributed by atoms with E-state index in [2.05, 4.69) is 15.1 Å². The Kier molecular flexibility index (Phi) is 3.64. The first kappa shape index (κ1) is 13.4. The van der Waals surface area contributed by atoms with Crippen LogP contribution in [0.4, 0.5) is 0 Å². The van der Waals surface area contributed by atoms with E-state index < -0.39 is 0 Å². The lowest BCUT2D eigenvalue weighted by molar-refractivity contribution is 0.304. The van der Waals surface area contributed by atoms with Crippen molar-refractivity contribution in [2.45, 2.75) is 13.5 Å². The molecule has 102 valence electrons. The van der Waals surface area contributed by atoms with Crippen LogP contribution in [0.5, 0.6) is 5.75 Å². The average Bonchev–Trinajstić information content (AvgIpc) is 2.81. The molecular weight excluding hydrogens is 316 g/mol. The molecule has 0 aliphatic carbocycles. The van der Waals surface area contributed by atoms with Crippen molar-refractivity contribution >= 4 is 40.1 Å². The summed E-state index contributed by atoms with van der Waals surface area (Å²) in [4.78, 5) is 8.98. The number of benzene rings is 1. The lowest BCUT2D eigenvalue weighted by Crippen LogP contribution is -2.01. The SMILES string of the molecule is Cc1nc(=S)nc2sc(COc3ccccc3Cl)nn12. The fourth-order valence-electron chi connectivity index (χ4n) is 1.66. The monoisotopic (exact) mass is 324 g/mol. The van der Waals surface area contributed by atoms with Crippen LogP contribution >= 0.6 is 35.2 Å². The largest absolute Gasteiger partial charge is 0.485 e. The minimum Gasteiger partial charge on any atom is -0.485 e. The summed E-state index contributed by atoms with van der Waals surface area (Å²) in [6, 6.07) is 7.32. The molecule has 0 saturated carbocycles. The average molecular weight is 325 g/mol. The minimum absolute atomic E-state index is 0.323. The third-order valence-corrected chi connectivity index (χ3v) is 3.92. The Morgan fingerprint density at radius 1 is 1.35 bits per heavy atom. The van der Waals surface area contributed by atoms with Gasteiger partial charge in [0.25, 0.3) is 0 Å². The summed E-state index contributed by atoms with van der Waals surface area (Å²) < 4.78 is 7.63. The maximum Gasteiger partial charge on any atom is 0.223 e. The summed E-state index contributed by atoms with van der Waals surface area (Å²) in [6.07, 6.45) is 0. The Morgan fingerprint density at radius 3 is 2.95 bits per heavy atom. The highest BCUT2D eigenvalue weighted by molar-refractivity contribution is 7.71. The molecule has 0 fully saturated rings. The Bertz CT molecular complexity index is 830. The number of fused-ring (bicyclic) bond motifs is 1. The Morgan fingerprint density at radius 2 is 2.15 bits per heavy atom. The maximum absolute atomic E-state index is 6.03. The number of aryl methyl sites for hydroxylation is 1. The molecular formula is C12H9ClN4OS2. The van der Waals surface area contributed by atoms with Gasteiger partial charge in [-0.25, -0.2) is 4.98 Å². The van der Waals surface area contributed by atoms with Crippen LogP contribution in [-0.2, 0) is 6.61 Å². The molecule has 0 N–H and O–H groups in total. The fourth-order valence-corrected chi connectivity index (χ4v) is 2.97. The summed E-state index contributed by atoms with van der Waals surface area (Å²) in [6.45, 7) is 2.16. The molecule has 8 heteroatoms. The van der Waals surface area contributed by atoms with E-state index in [1.54, 1.807) is 10.6 Å². The molecule has 3 aromatic rings. The van der Waals surface area contributed by atoms with Gasteiger partial charge in [-0.05, 0) is 31.3 Å². The number of ether oxygens (including phenoxy) is 1. The third kappa shape index (κ3) is 2.65. The summed E-state index contributed by atoms with van der Waals surface area (Å²) in [5, 5.41) is 5.75. The van der Waals surface area contributed by atoms with Gasteiger partial charge in [0.2, 0.25) is 9.73 Å². The molecule has 20 heavy (non-hydrogen) atoms. The van der Waals surface area contributed by atoms with Gasteiger partial charge in [0, 0.05) is 0 Å². The number of para-hydroxylation sites is 1. The highest BCUT2D eigenvalue weighted by atomic mass is 35.5. The van der Waals surface area contributed by atoms with E-state index in [0.29, 0.717) is 32.9 Å². The van der Waals surface area contributed by atoms with Crippen LogP contribution in [-0.4, -0.2) is 19.6 Å². The normalized spacial score (nSPS) is 10.9. The second-order valence-electron chi connectivity index (χ2n) is 3.96. The van der Waals surface area contributed by atoms with Gasteiger partial charge in [0.1, 0.15) is 18.2 Å². The first-order valence-corrected chi connectivity index (χ1v) is 7.34. The quantitative estimate of drug-likeness (QED) is 0.691. The fraction of sp³-hybridized carbons (Fsp3) is 0.167. The minimum atomic E-state index is 0.323. The van der Waals surface area contributed by atoms with E-state index in [9.17, 15) is 0 Å². The van der Waals surface area contributed by atoms with Crippen LogP contribution in [0.2, 0.25) is 5.02 Å². The van der Waals surface area contributed by atoms with Crippen molar-refractivity contribution in [3.63, 3.8) is 0 Å². The van der Waals surface area contributed by atoms with Crippen molar-refractivity contribution in [3.8, 4) is 5.75 Å². The number of nitrogens with zero attached hydrogens (tertiary/aromatic N) is 4. The first-order valence-electron chi connectivity index (χ1n) is 5.74. The third-order valence-electron chi connectivity index (χ3n) is 2.54. The molecule has 0 amide bonds. The predicted octanol–water partition coefficient (Wildman–Crippen LogP) is 3.46. The molecule has 0 radical (unpaired) electrons. The van der Waals surface area contributed by atoms with Crippen LogP contribution in [0.1, 0.15) is 10.8 Å². The Labute approximate surface area is 128 Å². The second kappa shape index (κ2) is 5.43. The van der Waals surface area contributed by atoms with E-state index in [-0.39, 0.29) is 0 Å². The van der Waals surface area contributed by atoms with Crippen LogP contribution in [0.15, 0.2) is 24.3 Å².